The van der Waals surface area contributed by atoms with E-state index in [1.807, 2.05) is 60.0 Å². The number of carbonyl (C=O) groups is 2. The van der Waals surface area contributed by atoms with E-state index in [-0.39, 0.29) is 5.91 Å². The third kappa shape index (κ3) is 6.03. The molecular weight excluding hydrogens is 494 g/mol. The number of fused-ring (bicyclic) bond motifs is 1. The predicted molar refractivity (Wildman–Crippen MR) is 153 cm³/mol. The highest BCUT2D eigenvalue weighted by atomic mass is 32.1. The SMILES string of the molecule is COC(=O)c1c(-c2ccc3c(c2)CCCC3)csc1NC(=O)/C=C/c1ccc(OCc2ccccc2)cc1. The van der Waals surface area contributed by atoms with Crippen molar-refractivity contribution in [3.8, 4) is 16.9 Å². The van der Waals surface area contributed by atoms with Crippen molar-refractivity contribution in [1.29, 1.82) is 0 Å². The van der Waals surface area contributed by atoms with Crippen LogP contribution in [0.25, 0.3) is 17.2 Å². The topological polar surface area (TPSA) is 64.6 Å². The Balaban J connectivity index is 1.26. The first kappa shape index (κ1) is 25.5. The molecule has 1 aliphatic rings. The van der Waals surface area contributed by atoms with Crippen molar-refractivity contribution >= 4 is 34.3 Å². The molecule has 5 rings (SSSR count). The summed E-state index contributed by atoms with van der Waals surface area (Å²) in [7, 11) is 1.36. The van der Waals surface area contributed by atoms with Crippen LogP contribution in [0.5, 0.6) is 5.75 Å². The molecule has 0 bridgehead atoms. The number of aryl methyl sites for hydroxylation is 2. The molecule has 5 nitrogen and oxygen atoms in total. The van der Waals surface area contributed by atoms with Gasteiger partial charge in [-0.25, -0.2) is 4.79 Å². The molecule has 1 heterocycles. The fraction of sp³-hybridized carbons (Fsp3) is 0.188. The summed E-state index contributed by atoms with van der Waals surface area (Å²) in [5.74, 6) is -0.0331. The van der Waals surface area contributed by atoms with Crippen molar-refractivity contribution in [1.82, 2.24) is 0 Å². The molecule has 3 aromatic carbocycles. The quantitative estimate of drug-likeness (QED) is 0.194. The minimum atomic E-state index is -0.468. The molecule has 0 saturated carbocycles. The normalized spacial score (nSPS) is 12.7. The van der Waals surface area contributed by atoms with Crippen molar-refractivity contribution in [2.45, 2.75) is 32.3 Å². The molecule has 0 fully saturated rings. The van der Waals surface area contributed by atoms with E-state index in [0.29, 0.717) is 17.2 Å². The van der Waals surface area contributed by atoms with Crippen LogP contribution in [0.3, 0.4) is 0 Å². The van der Waals surface area contributed by atoms with Crippen molar-refractivity contribution in [3.63, 3.8) is 0 Å². The number of hydrogen-bond acceptors (Lipinski definition) is 5. The Kier molecular flexibility index (Phi) is 8.00. The fourth-order valence-corrected chi connectivity index (χ4v) is 5.57. The molecule has 0 atom stereocenters. The van der Waals surface area contributed by atoms with Gasteiger partial charge >= 0.3 is 5.97 Å². The Bertz CT molecular complexity index is 1450. The van der Waals surface area contributed by atoms with Crippen LogP contribution >= 0.6 is 11.3 Å². The standard InChI is InChI=1S/C32H29NO4S/c1-36-32(35)30-28(26-15-14-24-9-5-6-10-25(24)19-26)21-38-31(30)33-29(34)18-13-22-11-16-27(17-12-22)37-20-23-7-3-2-4-8-23/h2-4,7-8,11-19,21H,5-6,9-10,20H2,1H3,(H,33,34)/b18-13+. The highest BCUT2D eigenvalue weighted by molar-refractivity contribution is 7.15. The molecule has 4 aromatic rings. The van der Waals surface area contributed by atoms with Crippen LogP contribution in [0.4, 0.5) is 5.00 Å². The fourth-order valence-electron chi connectivity index (χ4n) is 4.61. The van der Waals surface area contributed by atoms with Gasteiger partial charge in [-0.3, -0.25) is 4.79 Å². The molecule has 6 heteroatoms. The number of carbonyl (C=O) groups excluding carboxylic acids is 2. The Morgan fingerprint density at radius 2 is 1.71 bits per heavy atom. The van der Waals surface area contributed by atoms with Crippen LogP contribution < -0.4 is 10.1 Å². The van der Waals surface area contributed by atoms with Gasteiger partial charge in [-0.15, -0.1) is 11.3 Å². The lowest BCUT2D eigenvalue weighted by Crippen LogP contribution is -2.11. The molecule has 1 aliphatic carbocycles. The molecule has 0 saturated heterocycles. The summed E-state index contributed by atoms with van der Waals surface area (Å²) in [4.78, 5) is 25.5. The Hall–Kier alpha value is -4.16. The molecule has 0 radical (unpaired) electrons. The second-order valence-electron chi connectivity index (χ2n) is 9.20. The lowest BCUT2D eigenvalue weighted by molar-refractivity contribution is -0.111. The third-order valence-electron chi connectivity index (χ3n) is 6.63. The van der Waals surface area contributed by atoms with Crippen molar-refractivity contribution in [3.05, 3.63) is 112 Å². The number of hydrogen-bond donors (Lipinski definition) is 1. The molecule has 0 unspecified atom stereocenters. The summed E-state index contributed by atoms with van der Waals surface area (Å²) < 4.78 is 10.9. The highest BCUT2D eigenvalue weighted by Gasteiger charge is 2.23. The van der Waals surface area contributed by atoms with E-state index in [0.717, 1.165) is 40.8 Å². The number of rotatable bonds is 8. The maximum absolute atomic E-state index is 12.7. The van der Waals surface area contributed by atoms with Gasteiger partial charge in [0.15, 0.2) is 0 Å². The van der Waals surface area contributed by atoms with E-state index >= 15 is 0 Å². The number of benzene rings is 3. The van der Waals surface area contributed by atoms with E-state index in [1.165, 1.54) is 48.5 Å². The van der Waals surface area contributed by atoms with Crippen LogP contribution in [-0.2, 0) is 29.0 Å². The van der Waals surface area contributed by atoms with Crippen molar-refractivity contribution in [2.75, 3.05) is 12.4 Å². The first-order chi connectivity index (χ1) is 18.6. The first-order valence-electron chi connectivity index (χ1n) is 12.7. The third-order valence-corrected chi connectivity index (χ3v) is 7.53. The predicted octanol–water partition coefficient (Wildman–Crippen LogP) is 7.31. The molecule has 0 spiro atoms. The van der Waals surface area contributed by atoms with Gasteiger partial charge in [-0.1, -0.05) is 60.7 Å². The largest absolute Gasteiger partial charge is 0.489 e. The number of anilines is 1. The van der Waals surface area contributed by atoms with Crippen LogP contribution in [0.2, 0.25) is 0 Å². The summed E-state index contributed by atoms with van der Waals surface area (Å²) in [6.07, 6.45) is 7.73. The van der Waals surface area contributed by atoms with Crippen molar-refractivity contribution < 1.29 is 19.1 Å². The number of amides is 1. The lowest BCUT2D eigenvalue weighted by atomic mass is 9.89. The van der Waals surface area contributed by atoms with Gasteiger partial charge in [0.25, 0.3) is 0 Å². The zero-order valence-corrected chi connectivity index (χ0v) is 22.1. The van der Waals surface area contributed by atoms with Crippen LogP contribution in [0.15, 0.2) is 84.3 Å². The van der Waals surface area contributed by atoms with Crippen LogP contribution in [0.1, 0.15) is 45.5 Å². The minimum absolute atomic E-state index is 0.321. The second-order valence-corrected chi connectivity index (χ2v) is 10.1. The molecule has 38 heavy (non-hydrogen) atoms. The van der Waals surface area contributed by atoms with Gasteiger partial charge in [-0.2, -0.15) is 0 Å². The van der Waals surface area contributed by atoms with Gasteiger partial charge in [0.1, 0.15) is 22.9 Å². The van der Waals surface area contributed by atoms with Crippen LogP contribution in [0, 0.1) is 0 Å². The summed E-state index contributed by atoms with van der Waals surface area (Å²) in [5, 5.41) is 5.25. The molecule has 0 aliphatic heterocycles. The average Bonchev–Trinajstić information content (AvgIpc) is 3.38. The van der Waals surface area contributed by atoms with Crippen molar-refractivity contribution in [2.24, 2.45) is 0 Å². The molecule has 1 amide bonds. The minimum Gasteiger partial charge on any atom is -0.489 e. The van der Waals surface area contributed by atoms with Gasteiger partial charge in [0.05, 0.1) is 7.11 Å². The van der Waals surface area contributed by atoms with E-state index in [4.69, 9.17) is 9.47 Å². The van der Waals surface area contributed by atoms with Crippen LogP contribution in [-0.4, -0.2) is 19.0 Å². The number of methoxy groups -OCH3 is 1. The Morgan fingerprint density at radius 3 is 2.47 bits per heavy atom. The smallest absolute Gasteiger partial charge is 0.341 e. The summed E-state index contributed by atoms with van der Waals surface area (Å²) >= 11 is 1.32. The van der Waals surface area contributed by atoms with E-state index in [1.54, 1.807) is 6.08 Å². The monoisotopic (exact) mass is 523 g/mol. The Morgan fingerprint density at radius 1 is 0.947 bits per heavy atom. The molecule has 1 N–H and O–H groups in total. The summed E-state index contributed by atoms with van der Waals surface area (Å²) in [5.41, 5.74) is 6.80. The zero-order chi connectivity index (χ0) is 26.3. The molecule has 1 aromatic heterocycles. The summed E-state index contributed by atoms with van der Waals surface area (Å²) in [6.45, 7) is 0.495. The average molecular weight is 524 g/mol. The Labute approximate surface area is 226 Å². The van der Waals surface area contributed by atoms with E-state index in [2.05, 4.69) is 23.5 Å². The van der Waals surface area contributed by atoms with Gasteiger partial charge in [0, 0.05) is 17.0 Å². The molecular formula is C32H29NO4S. The lowest BCUT2D eigenvalue weighted by Gasteiger charge is -2.16. The molecule has 192 valence electrons. The van der Waals surface area contributed by atoms with E-state index in [9.17, 15) is 9.59 Å². The number of nitrogens with one attached hydrogen (secondary N) is 1. The number of ether oxygens (including phenoxy) is 2. The first-order valence-corrected chi connectivity index (χ1v) is 13.6. The van der Waals surface area contributed by atoms with Gasteiger partial charge in [0.2, 0.25) is 5.91 Å². The zero-order valence-electron chi connectivity index (χ0n) is 21.2. The second kappa shape index (κ2) is 11.9. The van der Waals surface area contributed by atoms with Gasteiger partial charge < -0.3 is 14.8 Å². The van der Waals surface area contributed by atoms with Gasteiger partial charge in [-0.05, 0) is 71.7 Å². The number of esters is 1. The maximum atomic E-state index is 12.7. The summed E-state index contributed by atoms with van der Waals surface area (Å²) in [6, 6.07) is 23.9. The number of thiophene rings is 1. The maximum Gasteiger partial charge on any atom is 0.341 e. The van der Waals surface area contributed by atoms with E-state index < -0.39 is 5.97 Å². The highest BCUT2D eigenvalue weighted by Crippen LogP contribution is 2.37.